The number of nitrogens with zero attached hydrogens (tertiary/aromatic N) is 1. The molecule has 2 rings (SSSR count). The van der Waals surface area contributed by atoms with Gasteiger partial charge in [0.1, 0.15) is 12.0 Å². The zero-order valence-electron chi connectivity index (χ0n) is 10.6. The van der Waals surface area contributed by atoms with Crippen LogP contribution in [0.2, 0.25) is 0 Å². The Morgan fingerprint density at radius 1 is 1.42 bits per heavy atom. The molecule has 2 aromatic rings. The van der Waals surface area contributed by atoms with Crippen LogP contribution in [0.25, 0.3) is 0 Å². The number of H-pyrrole nitrogens is 1. The molecule has 0 spiro atoms. The van der Waals surface area contributed by atoms with Crippen LogP contribution in [0.4, 0.5) is 0 Å². The van der Waals surface area contributed by atoms with E-state index in [1.165, 1.54) is 0 Å². The van der Waals surface area contributed by atoms with Gasteiger partial charge >= 0.3 is 0 Å². The van der Waals surface area contributed by atoms with Crippen LogP contribution in [0.1, 0.15) is 28.7 Å². The second-order valence-corrected chi connectivity index (χ2v) is 4.33. The normalized spacial score (nSPS) is 11.8. The monoisotopic (exact) mass is 257 g/mol. The molecule has 98 valence electrons. The van der Waals surface area contributed by atoms with Gasteiger partial charge in [-0.2, -0.15) is 5.10 Å². The van der Waals surface area contributed by atoms with Gasteiger partial charge in [-0.15, -0.1) is 0 Å². The Balaban J connectivity index is 2.03. The van der Waals surface area contributed by atoms with E-state index in [0.29, 0.717) is 18.4 Å². The van der Waals surface area contributed by atoms with Crippen LogP contribution in [-0.4, -0.2) is 28.4 Å². The first-order valence-corrected chi connectivity index (χ1v) is 6.03. The molecular weight excluding hydrogens is 242 g/mol. The molecule has 0 unspecified atom stereocenters. The Labute approximate surface area is 111 Å². The molecule has 2 N–H and O–H groups in total. The van der Waals surface area contributed by atoms with Crippen molar-refractivity contribution in [1.29, 1.82) is 0 Å². The van der Waals surface area contributed by atoms with Crippen molar-refractivity contribution < 1.29 is 9.59 Å². The number of aromatic amines is 1. The van der Waals surface area contributed by atoms with E-state index in [1.54, 1.807) is 13.0 Å². The number of benzene rings is 1. The van der Waals surface area contributed by atoms with Crippen molar-refractivity contribution in [3.63, 3.8) is 0 Å². The standard InChI is InChI=1S/C14H15N3O2/c1-10(9-18)15-14(19)13-8-12(16-17-13)7-11-5-3-2-4-6-11/h2-6,8-10H,7H2,1H3,(H,15,19)(H,16,17)/t10-/m0/s1. The minimum absolute atomic E-state index is 0.327. The lowest BCUT2D eigenvalue weighted by molar-refractivity contribution is -0.109. The van der Waals surface area contributed by atoms with Gasteiger partial charge in [0.25, 0.3) is 5.91 Å². The Hall–Kier alpha value is -2.43. The van der Waals surface area contributed by atoms with Crippen molar-refractivity contribution in [1.82, 2.24) is 15.5 Å². The second-order valence-electron chi connectivity index (χ2n) is 4.33. The van der Waals surface area contributed by atoms with Gasteiger partial charge in [0.2, 0.25) is 0 Å². The van der Waals surface area contributed by atoms with Crippen molar-refractivity contribution in [3.8, 4) is 0 Å². The minimum atomic E-state index is -0.506. The number of carbonyl (C=O) groups is 2. The zero-order valence-corrected chi connectivity index (χ0v) is 10.6. The molecule has 0 saturated carbocycles. The van der Waals surface area contributed by atoms with Gasteiger partial charge in [-0.05, 0) is 18.6 Å². The summed E-state index contributed by atoms with van der Waals surface area (Å²) in [5.74, 6) is -0.327. The molecular formula is C14H15N3O2. The molecule has 0 aliphatic heterocycles. The number of aromatic nitrogens is 2. The molecule has 1 heterocycles. The van der Waals surface area contributed by atoms with E-state index in [0.717, 1.165) is 11.3 Å². The van der Waals surface area contributed by atoms with Crippen molar-refractivity contribution in [3.05, 3.63) is 53.3 Å². The van der Waals surface area contributed by atoms with Crippen molar-refractivity contribution >= 4 is 12.2 Å². The maximum atomic E-state index is 11.7. The smallest absolute Gasteiger partial charge is 0.269 e. The van der Waals surface area contributed by atoms with E-state index in [4.69, 9.17) is 0 Å². The Morgan fingerprint density at radius 3 is 2.84 bits per heavy atom. The summed E-state index contributed by atoms with van der Waals surface area (Å²) in [6.45, 7) is 1.62. The van der Waals surface area contributed by atoms with Crippen molar-refractivity contribution in [2.24, 2.45) is 0 Å². The van der Waals surface area contributed by atoms with E-state index in [9.17, 15) is 9.59 Å². The predicted molar refractivity (Wildman–Crippen MR) is 70.8 cm³/mol. The summed E-state index contributed by atoms with van der Waals surface area (Å²) in [5.41, 5.74) is 2.27. The third-order valence-corrected chi connectivity index (χ3v) is 2.67. The van der Waals surface area contributed by atoms with Crippen LogP contribution in [0, 0.1) is 0 Å². The quantitative estimate of drug-likeness (QED) is 0.793. The topological polar surface area (TPSA) is 74.8 Å². The van der Waals surface area contributed by atoms with Crippen LogP contribution < -0.4 is 5.32 Å². The maximum absolute atomic E-state index is 11.7. The Kier molecular flexibility index (Phi) is 4.07. The highest BCUT2D eigenvalue weighted by Crippen LogP contribution is 2.08. The van der Waals surface area contributed by atoms with Gasteiger partial charge in [-0.25, -0.2) is 0 Å². The van der Waals surface area contributed by atoms with Crippen molar-refractivity contribution in [2.75, 3.05) is 0 Å². The fraction of sp³-hybridized carbons (Fsp3) is 0.214. The highest BCUT2D eigenvalue weighted by molar-refractivity contribution is 5.93. The summed E-state index contributed by atoms with van der Waals surface area (Å²) in [7, 11) is 0. The second kappa shape index (κ2) is 5.95. The van der Waals surface area contributed by atoms with E-state index in [2.05, 4.69) is 15.5 Å². The molecule has 1 amide bonds. The molecule has 0 bridgehead atoms. The highest BCUT2D eigenvalue weighted by atomic mass is 16.2. The molecule has 1 aromatic carbocycles. The molecule has 0 aliphatic rings. The van der Waals surface area contributed by atoms with Gasteiger partial charge in [0, 0.05) is 6.42 Å². The molecule has 0 fully saturated rings. The van der Waals surface area contributed by atoms with E-state index >= 15 is 0 Å². The number of carbonyl (C=O) groups excluding carboxylic acids is 2. The number of hydrogen-bond donors (Lipinski definition) is 2. The lowest BCUT2D eigenvalue weighted by Crippen LogP contribution is -2.33. The van der Waals surface area contributed by atoms with Gasteiger partial charge in [0.15, 0.2) is 0 Å². The number of rotatable bonds is 5. The molecule has 19 heavy (non-hydrogen) atoms. The first-order valence-electron chi connectivity index (χ1n) is 6.03. The molecule has 0 aliphatic carbocycles. The average Bonchev–Trinajstić information content (AvgIpc) is 2.88. The molecule has 1 aromatic heterocycles. The molecule has 5 nitrogen and oxygen atoms in total. The maximum Gasteiger partial charge on any atom is 0.269 e. The van der Waals surface area contributed by atoms with Crippen LogP contribution in [0.15, 0.2) is 36.4 Å². The zero-order chi connectivity index (χ0) is 13.7. The number of amides is 1. The number of aldehydes is 1. The third kappa shape index (κ3) is 3.51. The van der Waals surface area contributed by atoms with Crippen molar-refractivity contribution in [2.45, 2.75) is 19.4 Å². The fourth-order valence-electron chi connectivity index (χ4n) is 1.69. The van der Waals surface area contributed by atoms with E-state index < -0.39 is 6.04 Å². The summed E-state index contributed by atoms with van der Waals surface area (Å²) in [4.78, 5) is 22.2. The molecule has 1 atom stereocenters. The minimum Gasteiger partial charge on any atom is -0.341 e. The van der Waals surface area contributed by atoms with Gasteiger partial charge in [-0.3, -0.25) is 9.89 Å². The average molecular weight is 257 g/mol. The summed E-state index contributed by atoms with van der Waals surface area (Å²) in [5, 5.41) is 9.31. The summed E-state index contributed by atoms with van der Waals surface area (Å²) >= 11 is 0. The van der Waals surface area contributed by atoms with Crippen LogP contribution >= 0.6 is 0 Å². The summed E-state index contributed by atoms with van der Waals surface area (Å²) in [6.07, 6.45) is 1.34. The van der Waals surface area contributed by atoms with Gasteiger partial charge in [-0.1, -0.05) is 30.3 Å². The van der Waals surface area contributed by atoms with E-state index in [1.807, 2.05) is 30.3 Å². The molecule has 0 radical (unpaired) electrons. The third-order valence-electron chi connectivity index (χ3n) is 2.67. The largest absolute Gasteiger partial charge is 0.341 e. The number of hydrogen-bond acceptors (Lipinski definition) is 3. The Bertz CT molecular complexity index is 563. The van der Waals surface area contributed by atoms with Gasteiger partial charge < -0.3 is 10.1 Å². The summed E-state index contributed by atoms with van der Waals surface area (Å²) in [6, 6.07) is 11.1. The first kappa shape index (κ1) is 13.0. The van der Waals surface area contributed by atoms with Crippen LogP contribution in [-0.2, 0) is 11.2 Å². The lowest BCUT2D eigenvalue weighted by atomic mass is 10.1. The number of nitrogens with one attached hydrogen (secondary N) is 2. The first-order chi connectivity index (χ1) is 9.19. The highest BCUT2D eigenvalue weighted by Gasteiger charge is 2.12. The predicted octanol–water partition coefficient (Wildman–Crippen LogP) is 1.32. The lowest BCUT2D eigenvalue weighted by Gasteiger charge is -2.04. The Morgan fingerprint density at radius 2 is 2.16 bits per heavy atom. The molecule has 5 heteroatoms. The SMILES string of the molecule is C[C@@H](C=O)NC(=O)c1cc(Cc2ccccc2)n[nH]1. The van der Waals surface area contributed by atoms with Gasteiger partial charge in [0.05, 0.1) is 11.7 Å². The van der Waals surface area contributed by atoms with E-state index in [-0.39, 0.29) is 5.91 Å². The fourth-order valence-corrected chi connectivity index (χ4v) is 1.69. The van der Waals surface area contributed by atoms with Crippen LogP contribution in [0.5, 0.6) is 0 Å². The van der Waals surface area contributed by atoms with Crippen LogP contribution in [0.3, 0.4) is 0 Å². The summed E-state index contributed by atoms with van der Waals surface area (Å²) < 4.78 is 0. The molecule has 0 saturated heterocycles.